The fourth-order valence-electron chi connectivity index (χ4n) is 0.891. The first kappa shape index (κ1) is 8.51. The summed E-state index contributed by atoms with van der Waals surface area (Å²) in [5, 5.41) is 17.8. The molecule has 1 rings (SSSR count). The van der Waals surface area contributed by atoms with Crippen molar-refractivity contribution in [1.82, 2.24) is 0 Å². The maximum absolute atomic E-state index is 9.29. The molecule has 0 bridgehead atoms. The minimum Gasteiger partial charge on any atom is -0.384 e. The maximum atomic E-state index is 9.29. The van der Waals surface area contributed by atoms with Crippen LogP contribution in [0.25, 0.3) is 0 Å². The Hall–Kier alpha value is -1.59. The smallest absolute Gasteiger partial charge is 0.0991 e. The van der Waals surface area contributed by atoms with Crippen LogP contribution in [0.3, 0.4) is 0 Å². The van der Waals surface area contributed by atoms with Crippen LogP contribution in [0.15, 0.2) is 36.9 Å². The highest BCUT2D eigenvalue weighted by Crippen LogP contribution is 2.13. The van der Waals surface area contributed by atoms with Crippen LogP contribution in [-0.4, -0.2) is 5.11 Å². The first-order chi connectivity index (χ1) is 5.77. The largest absolute Gasteiger partial charge is 0.384 e. The number of aliphatic hydroxyl groups excluding tert-OH is 1. The van der Waals surface area contributed by atoms with E-state index in [1.165, 1.54) is 6.08 Å². The number of rotatable bonds is 2. The third-order valence-electron chi connectivity index (χ3n) is 1.60. The lowest BCUT2D eigenvalue weighted by molar-refractivity contribution is 0.229. The summed E-state index contributed by atoms with van der Waals surface area (Å²) in [5.74, 6) is 0. The number of benzene rings is 1. The number of nitriles is 1. The van der Waals surface area contributed by atoms with Crippen molar-refractivity contribution >= 4 is 0 Å². The predicted molar refractivity (Wildman–Crippen MR) is 46.3 cm³/mol. The van der Waals surface area contributed by atoms with E-state index in [1.807, 2.05) is 6.07 Å². The molecule has 12 heavy (non-hydrogen) atoms. The Balaban J connectivity index is 2.93. The second-order valence-electron chi connectivity index (χ2n) is 2.41. The zero-order chi connectivity index (χ0) is 8.97. The quantitative estimate of drug-likeness (QED) is 0.668. The van der Waals surface area contributed by atoms with Gasteiger partial charge in [0.1, 0.15) is 0 Å². The van der Waals surface area contributed by atoms with Gasteiger partial charge in [-0.25, -0.2) is 0 Å². The molecule has 1 N–H and O–H groups in total. The molecule has 1 atom stereocenters. The van der Waals surface area contributed by atoms with Gasteiger partial charge < -0.3 is 5.11 Å². The molecule has 2 nitrogen and oxygen atoms in total. The summed E-state index contributed by atoms with van der Waals surface area (Å²) < 4.78 is 0. The molecule has 0 unspecified atom stereocenters. The predicted octanol–water partition coefficient (Wildman–Crippen LogP) is 1.78. The summed E-state index contributed by atoms with van der Waals surface area (Å²) in [6, 6.07) is 8.77. The van der Waals surface area contributed by atoms with Gasteiger partial charge in [-0.2, -0.15) is 5.26 Å². The van der Waals surface area contributed by atoms with E-state index in [0.717, 1.165) is 5.56 Å². The third-order valence-corrected chi connectivity index (χ3v) is 1.60. The number of hydrogen-bond acceptors (Lipinski definition) is 2. The molecule has 0 spiro atoms. The Morgan fingerprint density at radius 2 is 2.00 bits per heavy atom. The summed E-state index contributed by atoms with van der Waals surface area (Å²) in [7, 11) is 0. The van der Waals surface area contributed by atoms with E-state index in [9.17, 15) is 5.11 Å². The molecule has 0 aromatic heterocycles. The summed E-state index contributed by atoms with van der Waals surface area (Å²) >= 11 is 0. The highest BCUT2D eigenvalue weighted by molar-refractivity contribution is 5.33. The van der Waals surface area contributed by atoms with E-state index < -0.39 is 6.10 Å². The van der Waals surface area contributed by atoms with E-state index in [4.69, 9.17) is 5.26 Å². The first-order valence-corrected chi connectivity index (χ1v) is 3.58. The molecule has 0 heterocycles. The SMILES string of the molecule is C=C[C@@H](O)c1ccc(C#N)cc1. The van der Waals surface area contributed by atoms with Crippen LogP contribution in [0.2, 0.25) is 0 Å². The summed E-state index contributed by atoms with van der Waals surface area (Å²) in [6.07, 6.45) is 0.805. The molecule has 1 aromatic rings. The van der Waals surface area contributed by atoms with Gasteiger partial charge in [-0.1, -0.05) is 18.2 Å². The lowest BCUT2D eigenvalue weighted by Crippen LogP contribution is -1.91. The molecule has 0 aliphatic carbocycles. The summed E-state index contributed by atoms with van der Waals surface area (Å²) in [4.78, 5) is 0. The molecular formula is C10H9NO. The van der Waals surface area contributed by atoms with Gasteiger partial charge in [-0.15, -0.1) is 6.58 Å². The van der Waals surface area contributed by atoms with Crippen molar-refractivity contribution in [3.05, 3.63) is 48.0 Å². The molecule has 2 heteroatoms. The third kappa shape index (κ3) is 1.71. The van der Waals surface area contributed by atoms with Gasteiger partial charge in [0.15, 0.2) is 0 Å². The van der Waals surface area contributed by atoms with Crippen LogP contribution in [0, 0.1) is 11.3 Å². The normalized spacial score (nSPS) is 11.7. The van der Waals surface area contributed by atoms with Crippen molar-refractivity contribution in [3.8, 4) is 6.07 Å². The van der Waals surface area contributed by atoms with Gasteiger partial charge in [-0.3, -0.25) is 0 Å². The molecule has 0 radical (unpaired) electrons. The minimum absolute atomic E-state index is 0.593. The zero-order valence-electron chi connectivity index (χ0n) is 6.57. The summed E-state index contributed by atoms with van der Waals surface area (Å²) in [6.45, 7) is 3.46. The second-order valence-corrected chi connectivity index (χ2v) is 2.41. The lowest BCUT2D eigenvalue weighted by Gasteiger charge is -2.03. The maximum Gasteiger partial charge on any atom is 0.0991 e. The Labute approximate surface area is 71.4 Å². The molecule has 60 valence electrons. The molecular weight excluding hydrogens is 150 g/mol. The number of hydrogen-bond donors (Lipinski definition) is 1. The van der Waals surface area contributed by atoms with Crippen molar-refractivity contribution in [3.63, 3.8) is 0 Å². The van der Waals surface area contributed by atoms with Gasteiger partial charge >= 0.3 is 0 Å². The topological polar surface area (TPSA) is 44.0 Å². The zero-order valence-corrected chi connectivity index (χ0v) is 6.57. The van der Waals surface area contributed by atoms with Crippen molar-refractivity contribution in [2.75, 3.05) is 0 Å². The van der Waals surface area contributed by atoms with Gasteiger partial charge in [0, 0.05) is 0 Å². The van der Waals surface area contributed by atoms with Crippen LogP contribution in [0.5, 0.6) is 0 Å². The fourth-order valence-corrected chi connectivity index (χ4v) is 0.891. The lowest BCUT2D eigenvalue weighted by atomic mass is 10.1. The highest BCUT2D eigenvalue weighted by Gasteiger charge is 2.00. The van der Waals surface area contributed by atoms with Crippen LogP contribution in [0.1, 0.15) is 17.2 Å². The number of nitrogens with zero attached hydrogens (tertiary/aromatic N) is 1. The van der Waals surface area contributed by atoms with Crippen LogP contribution < -0.4 is 0 Å². The van der Waals surface area contributed by atoms with Gasteiger partial charge in [-0.05, 0) is 17.7 Å². The van der Waals surface area contributed by atoms with E-state index in [1.54, 1.807) is 24.3 Å². The Morgan fingerprint density at radius 3 is 2.42 bits per heavy atom. The van der Waals surface area contributed by atoms with Crippen LogP contribution >= 0.6 is 0 Å². The molecule has 0 saturated carbocycles. The van der Waals surface area contributed by atoms with Crippen molar-refractivity contribution in [1.29, 1.82) is 5.26 Å². The van der Waals surface area contributed by atoms with Crippen molar-refractivity contribution < 1.29 is 5.11 Å². The molecule has 1 aromatic carbocycles. The highest BCUT2D eigenvalue weighted by atomic mass is 16.3. The average molecular weight is 159 g/mol. The molecule has 0 amide bonds. The van der Waals surface area contributed by atoms with Crippen molar-refractivity contribution in [2.24, 2.45) is 0 Å². The van der Waals surface area contributed by atoms with E-state index >= 15 is 0 Å². The van der Waals surface area contributed by atoms with Gasteiger partial charge in [0.2, 0.25) is 0 Å². The Kier molecular flexibility index (Phi) is 2.62. The monoisotopic (exact) mass is 159 g/mol. The van der Waals surface area contributed by atoms with Gasteiger partial charge in [0.25, 0.3) is 0 Å². The van der Waals surface area contributed by atoms with E-state index in [2.05, 4.69) is 6.58 Å². The fraction of sp³-hybridized carbons (Fsp3) is 0.100. The van der Waals surface area contributed by atoms with E-state index in [-0.39, 0.29) is 0 Å². The second kappa shape index (κ2) is 3.70. The first-order valence-electron chi connectivity index (χ1n) is 3.58. The standard InChI is InChI=1S/C10H9NO/c1-2-10(12)9-5-3-8(7-11)4-6-9/h2-6,10,12H,1H2/t10-/m1/s1. The van der Waals surface area contributed by atoms with Gasteiger partial charge in [0.05, 0.1) is 17.7 Å². The molecule has 0 saturated heterocycles. The Bertz CT molecular complexity index is 308. The average Bonchev–Trinajstić information content (AvgIpc) is 2.17. The van der Waals surface area contributed by atoms with Crippen LogP contribution in [0.4, 0.5) is 0 Å². The Morgan fingerprint density at radius 1 is 1.42 bits per heavy atom. The molecule has 0 fully saturated rings. The molecule has 0 aliphatic heterocycles. The number of aliphatic hydroxyl groups is 1. The van der Waals surface area contributed by atoms with E-state index in [0.29, 0.717) is 5.56 Å². The minimum atomic E-state index is -0.641. The molecule has 0 aliphatic rings. The van der Waals surface area contributed by atoms with Crippen LogP contribution in [-0.2, 0) is 0 Å². The van der Waals surface area contributed by atoms with Crippen molar-refractivity contribution in [2.45, 2.75) is 6.10 Å². The summed E-state index contributed by atoms with van der Waals surface area (Å²) in [5.41, 5.74) is 1.35.